The Labute approximate surface area is 401 Å². The zero-order valence-corrected chi connectivity index (χ0v) is 43.2. The van der Waals surface area contributed by atoms with E-state index in [1.807, 2.05) is 0 Å². The largest absolute Gasteiger partial charge is 0.466 e. The summed E-state index contributed by atoms with van der Waals surface area (Å²) in [6, 6.07) is 0.314. The first-order valence-corrected chi connectivity index (χ1v) is 26.5. The highest BCUT2D eigenvalue weighted by molar-refractivity contribution is 5.78. The van der Waals surface area contributed by atoms with Crippen molar-refractivity contribution in [3.05, 3.63) is 0 Å². The van der Waals surface area contributed by atoms with Crippen molar-refractivity contribution < 1.29 is 57.2 Å². The molecular formula is C53H97NO12. The lowest BCUT2D eigenvalue weighted by molar-refractivity contribution is -0.172. The fraction of sp³-hybridized carbons (Fsp3) is 0.887. The molecule has 0 amide bonds. The van der Waals surface area contributed by atoms with Crippen LogP contribution >= 0.6 is 0 Å². The second-order valence-corrected chi connectivity index (χ2v) is 18.7. The highest BCUT2D eigenvalue weighted by Crippen LogP contribution is 2.26. The molecule has 0 aliphatic heterocycles. The van der Waals surface area contributed by atoms with Gasteiger partial charge in [-0.05, 0) is 65.0 Å². The van der Waals surface area contributed by atoms with Crippen LogP contribution in [0.25, 0.3) is 0 Å². The maximum atomic E-state index is 13.5. The van der Waals surface area contributed by atoms with E-state index in [2.05, 4.69) is 53.4 Å². The van der Waals surface area contributed by atoms with Crippen molar-refractivity contribution >= 4 is 35.8 Å². The molecule has 0 aromatic heterocycles. The molecule has 13 heteroatoms. The molecule has 0 bridgehead atoms. The van der Waals surface area contributed by atoms with E-state index in [9.17, 15) is 28.8 Å². The van der Waals surface area contributed by atoms with E-state index in [-0.39, 0.29) is 70.9 Å². The first-order valence-electron chi connectivity index (χ1n) is 26.5. The van der Waals surface area contributed by atoms with Gasteiger partial charge in [-0.25, -0.2) is 0 Å². The average Bonchev–Trinajstić information content (AvgIpc) is 3.30. The first kappa shape index (κ1) is 62.8. The van der Waals surface area contributed by atoms with Gasteiger partial charge in [-0.15, -0.1) is 0 Å². The quantitative estimate of drug-likeness (QED) is 0.0322. The molecule has 0 aliphatic rings. The standard InChI is InChI=1S/C53H97NO12/c1-8-13-17-19-21-23-27-38-61-48(56)33-35-50(58)64-42-53(41-63-47(55)32-29-37-54(12-5)45(6)7,44-66-52(60)40-46(30-25-15-10-3)31-26-16-11-4)43-65-51(59)36-34-49(57)62-39-28-24-22-20-18-14-9-2/h45-46H,8-44H2,1-7H3. The molecule has 0 fully saturated rings. The van der Waals surface area contributed by atoms with Crippen LogP contribution in [0.15, 0.2) is 0 Å². The Hall–Kier alpha value is -3.22. The molecule has 0 rings (SSSR count). The molecule has 0 heterocycles. The van der Waals surface area contributed by atoms with Gasteiger partial charge in [-0.1, -0.05) is 150 Å². The molecule has 386 valence electrons. The van der Waals surface area contributed by atoms with Crippen LogP contribution in [0.2, 0.25) is 0 Å². The van der Waals surface area contributed by atoms with Crippen LogP contribution in [0.1, 0.15) is 235 Å². The van der Waals surface area contributed by atoms with Gasteiger partial charge in [0.05, 0.1) is 38.9 Å². The van der Waals surface area contributed by atoms with Gasteiger partial charge in [-0.3, -0.25) is 28.8 Å². The summed E-state index contributed by atoms with van der Waals surface area (Å²) in [6.45, 7) is 15.4. The van der Waals surface area contributed by atoms with E-state index in [4.69, 9.17) is 28.4 Å². The molecule has 0 N–H and O–H groups in total. The Morgan fingerprint density at radius 2 is 0.727 bits per heavy atom. The van der Waals surface area contributed by atoms with Gasteiger partial charge in [0.2, 0.25) is 0 Å². The summed E-state index contributed by atoms with van der Waals surface area (Å²) in [6.07, 6.45) is 23.3. The van der Waals surface area contributed by atoms with E-state index < -0.39 is 54.4 Å². The Balaban J connectivity index is 5.99. The van der Waals surface area contributed by atoms with Crippen LogP contribution in [-0.4, -0.2) is 99.5 Å². The van der Waals surface area contributed by atoms with Gasteiger partial charge in [0.15, 0.2) is 0 Å². The molecule has 0 spiro atoms. The van der Waals surface area contributed by atoms with Crippen LogP contribution in [0, 0.1) is 11.3 Å². The second-order valence-electron chi connectivity index (χ2n) is 18.7. The monoisotopic (exact) mass is 940 g/mol. The summed E-state index contributed by atoms with van der Waals surface area (Å²) >= 11 is 0. The Morgan fingerprint density at radius 3 is 1.11 bits per heavy atom. The maximum absolute atomic E-state index is 13.5. The maximum Gasteiger partial charge on any atom is 0.306 e. The van der Waals surface area contributed by atoms with Crippen molar-refractivity contribution in [2.24, 2.45) is 11.3 Å². The molecule has 66 heavy (non-hydrogen) atoms. The summed E-state index contributed by atoms with van der Waals surface area (Å²) in [5.74, 6) is -3.23. The van der Waals surface area contributed by atoms with Gasteiger partial charge in [0.25, 0.3) is 0 Å². The van der Waals surface area contributed by atoms with E-state index in [1.54, 1.807) is 0 Å². The highest BCUT2D eigenvalue weighted by atomic mass is 16.6. The summed E-state index contributed by atoms with van der Waals surface area (Å²) < 4.78 is 33.8. The average molecular weight is 940 g/mol. The number of rotatable bonds is 46. The van der Waals surface area contributed by atoms with Gasteiger partial charge < -0.3 is 33.3 Å². The summed E-state index contributed by atoms with van der Waals surface area (Å²) in [7, 11) is 0. The van der Waals surface area contributed by atoms with Crippen LogP contribution in [-0.2, 0) is 57.2 Å². The number of hydrogen-bond acceptors (Lipinski definition) is 13. The zero-order chi connectivity index (χ0) is 49.1. The van der Waals surface area contributed by atoms with Gasteiger partial charge in [0.1, 0.15) is 31.8 Å². The molecule has 0 saturated carbocycles. The molecule has 0 radical (unpaired) electrons. The molecule has 0 atom stereocenters. The van der Waals surface area contributed by atoms with Crippen LogP contribution in [0.3, 0.4) is 0 Å². The molecule has 13 nitrogen and oxygen atoms in total. The van der Waals surface area contributed by atoms with E-state index >= 15 is 0 Å². The molecule has 0 aromatic rings. The number of ether oxygens (including phenoxy) is 6. The molecule has 0 aliphatic carbocycles. The topological polar surface area (TPSA) is 161 Å². The lowest BCUT2D eigenvalue weighted by atomic mass is 9.91. The summed E-state index contributed by atoms with van der Waals surface area (Å²) in [4.78, 5) is 80.3. The molecule has 0 aromatic carbocycles. The fourth-order valence-corrected chi connectivity index (χ4v) is 7.66. The van der Waals surface area contributed by atoms with Crippen molar-refractivity contribution in [3.8, 4) is 0 Å². The minimum atomic E-state index is -1.47. The molecule has 0 saturated heterocycles. The van der Waals surface area contributed by atoms with E-state index in [0.717, 1.165) is 109 Å². The highest BCUT2D eigenvalue weighted by Gasteiger charge is 2.38. The predicted molar refractivity (Wildman–Crippen MR) is 261 cm³/mol. The van der Waals surface area contributed by atoms with Crippen LogP contribution in [0.4, 0.5) is 0 Å². The molecule has 0 unspecified atom stereocenters. The minimum Gasteiger partial charge on any atom is -0.466 e. The van der Waals surface area contributed by atoms with Crippen molar-refractivity contribution in [1.82, 2.24) is 4.90 Å². The zero-order valence-electron chi connectivity index (χ0n) is 43.2. The van der Waals surface area contributed by atoms with Crippen molar-refractivity contribution in [3.63, 3.8) is 0 Å². The SMILES string of the molecule is CCCCCCCCCOC(=O)CCC(=O)OCC(COC(=O)CCCN(CC)C(C)C)(COC(=O)CCC(=O)OCCCCCCCCC)COC(=O)CC(CCCCC)CCCCC. The third-order valence-electron chi connectivity index (χ3n) is 12.1. The first-order chi connectivity index (χ1) is 31.8. The van der Waals surface area contributed by atoms with E-state index in [0.29, 0.717) is 19.0 Å². The third kappa shape index (κ3) is 36.8. The minimum absolute atomic E-state index is 0.123. The number of nitrogens with zero attached hydrogens (tertiary/aromatic N) is 1. The van der Waals surface area contributed by atoms with E-state index in [1.165, 1.54) is 38.5 Å². The number of carbonyl (C=O) groups excluding carboxylic acids is 6. The fourth-order valence-electron chi connectivity index (χ4n) is 7.66. The second kappa shape index (κ2) is 43.1. The van der Waals surface area contributed by atoms with Crippen molar-refractivity contribution in [2.45, 2.75) is 241 Å². The third-order valence-corrected chi connectivity index (χ3v) is 12.1. The van der Waals surface area contributed by atoms with Crippen LogP contribution in [0.5, 0.6) is 0 Å². The van der Waals surface area contributed by atoms with Gasteiger partial charge >= 0.3 is 35.8 Å². The summed E-state index contributed by atoms with van der Waals surface area (Å²) in [5.41, 5.74) is -1.47. The molecular weight excluding hydrogens is 843 g/mol. The lowest BCUT2D eigenvalue weighted by Gasteiger charge is -2.32. The smallest absolute Gasteiger partial charge is 0.306 e. The van der Waals surface area contributed by atoms with Crippen molar-refractivity contribution in [2.75, 3.05) is 52.7 Å². The normalized spacial score (nSPS) is 11.5. The Kier molecular flexibility index (Phi) is 41.0. The van der Waals surface area contributed by atoms with Crippen molar-refractivity contribution in [1.29, 1.82) is 0 Å². The van der Waals surface area contributed by atoms with Gasteiger partial charge in [-0.2, -0.15) is 0 Å². The Morgan fingerprint density at radius 1 is 0.394 bits per heavy atom. The van der Waals surface area contributed by atoms with Gasteiger partial charge in [0, 0.05) is 18.9 Å². The lowest BCUT2D eigenvalue weighted by Crippen LogP contribution is -2.44. The summed E-state index contributed by atoms with van der Waals surface area (Å²) in [5, 5.41) is 0. The Bertz CT molecular complexity index is 1190. The van der Waals surface area contributed by atoms with Crippen LogP contribution < -0.4 is 0 Å². The number of carbonyl (C=O) groups is 6. The number of esters is 6. The predicted octanol–water partition coefficient (Wildman–Crippen LogP) is 12.0. The number of unbranched alkanes of at least 4 members (excludes halogenated alkanes) is 16. The number of hydrogen-bond donors (Lipinski definition) is 0.